The number of aromatic nitrogens is 1. The number of aryl methyl sites for hydroxylation is 1. The lowest BCUT2D eigenvalue weighted by molar-refractivity contribution is 0.102. The topological polar surface area (TPSA) is 65.8 Å². The van der Waals surface area contributed by atoms with Crippen LogP contribution in [0.1, 0.15) is 52.0 Å². The van der Waals surface area contributed by atoms with Crippen LogP contribution in [0.2, 0.25) is 5.15 Å². The zero-order valence-electron chi connectivity index (χ0n) is 12.6. The number of fused-ring (bicyclic) bond motifs is 1. The van der Waals surface area contributed by atoms with Crippen molar-refractivity contribution in [2.45, 2.75) is 38.5 Å². The maximum Gasteiger partial charge on any atom is 0.259 e. The molecule has 0 spiro atoms. The summed E-state index contributed by atoms with van der Waals surface area (Å²) in [7, 11) is 0. The van der Waals surface area contributed by atoms with Gasteiger partial charge in [-0.1, -0.05) is 24.4 Å². The van der Waals surface area contributed by atoms with Crippen LogP contribution in [0.25, 0.3) is 0 Å². The average molecular weight is 346 g/mol. The standard InChI is InChI=1S/C17H16ClN3OS/c18-15-12(7-5-9-20-15)16(22)21-17-13(10-19)11-6-3-1-2-4-8-14(11)23-17/h5,7,9H,1-4,6,8H2,(H,21,22). The van der Waals surface area contributed by atoms with E-state index in [1.54, 1.807) is 12.1 Å². The molecular weight excluding hydrogens is 330 g/mol. The second kappa shape index (κ2) is 7.12. The van der Waals surface area contributed by atoms with Crippen molar-refractivity contribution in [2.24, 2.45) is 0 Å². The van der Waals surface area contributed by atoms with Crippen LogP contribution in [-0.4, -0.2) is 10.9 Å². The molecule has 2 heterocycles. The summed E-state index contributed by atoms with van der Waals surface area (Å²) in [6.07, 6.45) is 8.10. The van der Waals surface area contributed by atoms with Crippen molar-refractivity contribution in [1.29, 1.82) is 5.26 Å². The quantitative estimate of drug-likeness (QED) is 0.810. The van der Waals surface area contributed by atoms with Gasteiger partial charge in [0, 0.05) is 11.1 Å². The van der Waals surface area contributed by atoms with Crippen molar-refractivity contribution < 1.29 is 4.79 Å². The first kappa shape index (κ1) is 16.0. The molecule has 0 aliphatic heterocycles. The average Bonchev–Trinajstić information content (AvgIpc) is 2.83. The Kier molecular flexibility index (Phi) is 4.94. The number of nitriles is 1. The van der Waals surface area contributed by atoms with E-state index in [0.29, 0.717) is 16.1 Å². The first-order valence-electron chi connectivity index (χ1n) is 7.67. The summed E-state index contributed by atoms with van der Waals surface area (Å²) in [4.78, 5) is 17.6. The van der Waals surface area contributed by atoms with Crippen molar-refractivity contribution in [3.63, 3.8) is 0 Å². The number of rotatable bonds is 2. The highest BCUT2D eigenvalue weighted by atomic mass is 35.5. The third-order valence-electron chi connectivity index (χ3n) is 4.01. The molecule has 118 valence electrons. The molecule has 6 heteroatoms. The van der Waals surface area contributed by atoms with E-state index in [9.17, 15) is 10.1 Å². The summed E-state index contributed by atoms with van der Waals surface area (Å²) < 4.78 is 0. The molecule has 1 amide bonds. The molecule has 4 nitrogen and oxygen atoms in total. The fourth-order valence-electron chi connectivity index (χ4n) is 2.85. The fourth-order valence-corrected chi connectivity index (χ4v) is 4.29. The van der Waals surface area contributed by atoms with Crippen LogP contribution in [0.3, 0.4) is 0 Å². The van der Waals surface area contributed by atoms with E-state index in [0.717, 1.165) is 31.2 Å². The number of hydrogen-bond donors (Lipinski definition) is 1. The highest BCUT2D eigenvalue weighted by Crippen LogP contribution is 2.36. The zero-order chi connectivity index (χ0) is 16.2. The van der Waals surface area contributed by atoms with E-state index >= 15 is 0 Å². The number of anilines is 1. The van der Waals surface area contributed by atoms with Crippen molar-refractivity contribution in [3.8, 4) is 6.07 Å². The third kappa shape index (κ3) is 3.39. The number of amides is 1. The van der Waals surface area contributed by atoms with Gasteiger partial charge >= 0.3 is 0 Å². The van der Waals surface area contributed by atoms with Gasteiger partial charge < -0.3 is 5.32 Å². The minimum Gasteiger partial charge on any atom is -0.312 e. The van der Waals surface area contributed by atoms with E-state index in [1.165, 1.54) is 35.3 Å². The molecule has 1 N–H and O–H groups in total. The Morgan fingerprint density at radius 1 is 1.30 bits per heavy atom. The monoisotopic (exact) mass is 345 g/mol. The number of thiophene rings is 1. The summed E-state index contributed by atoms with van der Waals surface area (Å²) in [5, 5.41) is 13.2. The normalized spacial score (nSPS) is 14.3. The Labute approximate surface area is 144 Å². The van der Waals surface area contributed by atoms with Gasteiger partial charge in [0.25, 0.3) is 5.91 Å². The Morgan fingerprint density at radius 2 is 2.09 bits per heavy atom. The molecule has 0 atom stereocenters. The number of nitrogens with one attached hydrogen (secondary N) is 1. The summed E-state index contributed by atoms with van der Waals surface area (Å²) in [6.45, 7) is 0. The van der Waals surface area contributed by atoms with Gasteiger partial charge in [-0.25, -0.2) is 4.98 Å². The minimum absolute atomic E-state index is 0.165. The lowest BCUT2D eigenvalue weighted by Gasteiger charge is -2.08. The fraction of sp³-hybridized carbons (Fsp3) is 0.353. The van der Waals surface area contributed by atoms with Gasteiger partial charge in [0.15, 0.2) is 0 Å². The van der Waals surface area contributed by atoms with Gasteiger partial charge in [-0.2, -0.15) is 5.26 Å². The van der Waals surface area contributed by atoms with Crippen LogP contribution in [0.4, 0.5) is 5.00 Å². The number of halogens is 1. The first-order valence-corrected chi connectivity index (χ1v) is 8.86. The first-order chi connectivity index (χ1) is 11.2. The molecule has 0 radical (unpaired) electrons. The van der Waals surface area contributed by atoms with Crippen LogP contribution < -0.4 is 5.32 Å². The molecule has 2 aromatic heterocycles. The van der Waals surface area contributed by atoms with E-state index in [2.05, 4.69) is 16.4 Å². The molecule has 23 heavy (non-hydrogen) atoms. The van der Waals surface area contributed by atoms with Crippen LogP contribution >= 0.6 is 22.9 Å². The minimum atomic E-state index is -0.325. The number of pyridine rings is 1. The van der Waals surface area contributed by atoms with Gasteiger partial charge in [0.05, 0.1) is 11.1 Å². The number of hydrogen-bond acceptors (Lipinski definition) is 4. The Morgan fingerprint density at radius 3 is 2.83 bits per heavy atom. The highest BCUT2D eigenvalue weighted by molar-refractivity contribution is 7.16. The van der Waals surface area contributed by atoms with Crippen molar-refractivity contribution >= 4 is 33.8 Å². The predicted molar refractivity (Wildman–Crippen MR) is 92.1 cm³/mol. The van der Waals surface area contributed by atoms with Crippen LogP contribution in [0, 0.1) is 11.3 Å². The smallest absolute Gasteiger partial charge is 0.259 e. The van der Waals surface area contributed by atoms with E-state index < -0.39 is 0 Å². The Bertz CT molecular complexity index is 779. The summed E-state index contributed by atoms with van der Waals surface area (Å²) >= 11 is 7.49. The maximum absolute atomic E-state index is 12.4. The largest absolute Gasteiger partial charge is 0.312 e. The van der Waals surface area contributed by atoms with Crippen molar-refractivity contribution in [3.05, 3.63) is 45.1 Å². The number of carbonyl (C=O) groups excluding carboxylic acids is 1. The highest BCUT2D eigenvalue weighted by Gasteiger charge is 2.21. The zero-order valence-corrected chi connectivity index (χ0v) is 14.1. The molecule has 1 aliphatic rings. The lowest BCUT2D eigenvalue weighted by atomic mass is 9.97. The molecule has 0 unspecified atom stereocenters. The molecule has 0 saturated carbocycles. The second-order valence-corrected chi connectivity index (χ2v) is 6.99. The third-order valence-corrected chi connectivity index (χ3v) is 5.52. The van der Waals surface area contributed by atoms with Gasteiger partial charge in [-0.05, 0) is 43.4 Å². The van der Waals surface area contributed by atoms with Crippen LogP contribution in [0.15, 0.2) is 18.3 Å². The summed E-state index contributed by atoms with van der Waals surface area (Å²) in [5.74, 6) is -0.325. The van der Waals surface area contributed by atoms with Gasteiger partial charge in [-0.15, -0.1) is 11.3 Å². The molecule has 0 aromatic carbocycles. The molecule has 0 fully saturated rings. The van der Waals surface area contributed by atoms with Crippen molar-refractivity contribution in [1.82, 2.24) is 4.98 Å². The Hall–Kier alpha value is -1.90. The molecular formula is C17H16ClN3OS. The SMILES string of the molecule is N#Cc1c(NC(=O)c2cccnc2Cl)sc2c1CCCCCC2. The molecule has 2 aromatic rings. The number of carbonyl (C=O) groups is 1. The second-order valence-electron chi connectivity index (χ2n) is 5.53. The van der Waals surface area contributed by atoms with Crippen LogP contribution in [0.5, 0.6) is 0 Å². The van der Waals surface area contributed by atoms with Gasteiger partial charge in [-0.3, -0.25) is 4.79 Å². The molecule has 0 bridgehead atoms. The molecule has 3 rings (SSSR count). The molecule has 1 aliphatic carbocycles. The van der Waals surface area contributed by atoms with E-state index in [1.807, 2.05) is 0 Å². The van der Waals surface area contributed by atoms with Crippen molar-refractivity contribution in [2.75, 3.05) is 5.32 Å². The summed E-state index contributed by atoms with van der Waals surface area (Å²) in [6, 6.07) is 5.56. The predicted octanol–water partition coefficient (Wildman–Crippen LogP) is 4.58. The van der Waals surface area contributed by atoms with Gasteiger partial charge in [0.1, 0.15) is 16.2 Å². The molecule has 0 saturated heterocycles. The maximum atomic E-state index is 12.4. The van der Waals surface area contributed by atoms with E-state index in [4.69, 9.17) is 11.6 Å². The van der Waals surface area contributed by atoms with E-state index in [-0.39, 0.29) is 11.1 Å². The summed E-state index contributed by atoms with van der Waals surface area (Å²) in [5.41, 5.74) is 2.05. The van der Waals surface area contributed by atoms with Gasteiger partial charge in [0.2, 0.25) is 0 Å². The lowest BCUT2D eigenvalue weighted by Crippen LogP contribution is -2.12. The Balaban J connectivity index is 1.91. The van der Waals surface area contributed by atoms with Crippen LogP contribution in [-0.2, 0) is 12.8 Å². The number of nitrogens with zero attached hydrogens (tertiary/aromatic N) is 2.